The Bertz CT molecular complexity index is 427. The molecular weight excluding hydrogens is 250 g/mol. The van der Waals surface area contributed by atoms with Gasteiger partial charge in [-0.1, -0.05) is 18.5 Å². The molecule has 1 aliphatic heterocycles. The third kappa shape index (κ3) is 2.76. The summed E-state index contributed by atoms with van der Waals surface area (Å²) in [6, 6.07) is 1.74. The second-order valence-corrected chi connectivity index (χ2v) is 5.34. The van der Waals surface area contributed by atoms with Gasteiger partial charge in [-0.3, -0.25) is 0 Å². The first-order valence-electron chi connectivity index (χ1n) is 6.41. The zero-order valence-electron chi connectivity index (χ0n) is 10.7. The lowest BCUT2D eigenvalue weighted by atomic mass is 9.87. The highest BCUT2D eigenvalue weighted by Gasteiger charge is 2.33. The number of nitrogens with two attached hydrogens (primary N) is 1. The third-order valence-electron chi connectivity index (χ3n) is 3.74. The summed E-state index contributed by atoms with van der Waals surface area (Å²) in [4.78, 5) is 6.38. The summed E-state index contributed by atoms with van der Waals surface area (Å²) in [5.74, 6) is 0.381. The van der Waals surface area contributed by atoms with Crippen LogP contribution in [0.25, 0.3) is 0 Å². The van der Waals surface area contributed by atoms with Crippen LogP contribution in [0, 0.1) is 0 Å². The molecule has 1 saturated heterocycles. The maximum absolute atomic E-state index is 10.8. The number of nitrogens with zero attached hydrogens (tertiary/aromatic N) is 2. The van der Waals surface area contributed by atoms with Gasteiger partial charge in [0.15, 0.2) is 0 Å². The molecule has 0 radical (unpaired) electrons. The van der Waals surface area contributed by atoms with Gasteiger partial charge in [0.1, 0.15) is 5.82 Å². The second-order valence-electron chi connectivity index (χ2n) is 4.91. The van der Waals surface area contributed by atoms with Crippen molar-refractivity contribution in [2.45, 2.75) is 31.8 Å². The van der Waals surface area contributed by atoms with Crippen molar-refractivity contribution in [1.29, 1.82) is 0 Å². The van der Waals surface area contributed by atoms with E-state index in [9.17, 15) is 5.11 Å². The average molecular weight is 270 g/mol. The SMILES string of the molecule is CCN1CCCC(O)(c2cc(Cl)cnc2N)CC1. The molecule has 0 bridgehead atoms. The van der Waals surface area contributed by atoms with Crippen LogP contribution in [-0.4, -0.2) is 34.6 Å². The molecule has 100 valence electrons. The molecule has 1 atom stereocenters. The average Bonchev–Trinajstić information content (AvgIpc) is 2.55. The molecule has 1 aromatic rings. The number of likely N-dealkylation sites (tertiary alicyclic amines) is 1. The first-order valence-corrected chi connectivity index (χ1v) is 6.79. The van der Waals surface area contributed by atoms with Crippen molar-refractivity contribution in [1.82, 2.24) is 9.88 Å². The second kappa shape index (κ2) is 5.43. The summed E-state index contributed by atoms with van der Waals surface area (Å²) in [5, 5.41) is 11.4. The minimum atomic E-state index is -0.897. The van der Waals surface area contributed by atoms with E-state index in [-0.39, 0.29) is 0 Å². The highest BCUT2D eigenvalue weighted by atomic mass is 35.5. The Labute approximate surface area is 113 Å². The fraction of sp³-hybridized carbons (Fsp3) is 0.615. The summed E-state index contributed by atoms with van der Waals surface area (Å²) in [6.45, 7) is 5.05. The summed E-state index contributed by atoms with van der Waals surface area (Å²) in [5.41, 5.74) is 5.66. The van der Waals surface area contributed by atoms with Crippen LogP contribution < -0.4 is 5.73 Å². The Morgan fingerprint density at radius 3 is 3.00 bits per heavy atom. The van der Waals surface area contributed by atoms with Gasteiger partial charge < -0.3 is 15.7 Å². The summed E-state index contributed by atoms with van der Waals surface area (Å²) in [6.07, 6.45) is 3.85. The molecule has 1 unspecified atom stereocenters. The fourth-order valence-corrected chi connectivity index (χ4v) is 2.74. The first-order chi connectivity index (χ1) is 8.55. The third-order valence-corrected chi connectivity index (χ3v) is 3.95. The lowest BCUT2D eigenvalue weighted by molar-refractivity contribution is 0.0218. The van der Waals surface area contributed by atoms with Crippen LogP contribution in [-0.2, 0) is 5.60 Å². The number of aromatic nitrogens is 1. The lowest BCUT2D eigenvalue weighted by Gasteiger charge is -2.28. The van der Waals surface area contributed by atoms with Crippen LogP contribution in [0.15, 0.2) is 12.3 Å². The van der Waals surface area contributed by atoms with Gasteiger partial charge in [-0.2, -0.15) is 0 Å². The zero-order chi connectivity index (χ0) is 13.2. The molecule has 0 spiro atoms. The standard InChI is InChI=1S/C13H20ClN3O/c1-2-17-6-3-4-13(18,5-7-17)11-8-10(14)9-16-12(11)15/h8-9,18H,2-7H2,1H3,(H2,15,16). The number of pyridine rings is 1. The number of hydrogen-bond acceptors (Lipinski definition) is 4. The van der Waals surface area contributed by atoms with Crippen LogP contribution in [0.3, 0.4) is 0 Å². The van der Waals surface area contributed by atoms with Crippen molar-refractivity contribution >= 4 is 17.4 Å². The number of rotatable bonds is 2. The van der Waals surface area contributed by atoms with Crippen LogP contribution in [0.1, 0.15) is 31.7 Å². The Morgan fingerprint density at radius 2 is 2.28 bits per heavy atom. The molecule has 18 heavy (non-hydrogen) atoms. The van der Waals surface area contributed by atoms with Crippen molar-refractivity contribution < 1.29 is 5.11 Å². The smallest absolute Gasteiger partial charge is 0.129 e. The number of nitrogen functional groups attached to an aromatic ring is 1. The Kier molecular flexibility index (Phi) is 4.10. The highest BCUT2D eigenvalue weighted by molar-refractivity contribution is 6.30. The Morgan fingerprint density at radius 1 is 1.50 bits per heavy atom. The lowest BCUT2D eigenvalue weighted by Crippen LogP contribution is -2.30. The quantitative estimate of drug-likeness (QED) is 0.862. The molecule has 1 aliphatic rings. The highest BCUT2D eigenvalue weighted by Crippen LogP contribution is 2.36. The van der Waals surface area contributed by atoms with Crippen molar-refractivity contribution in [3.05, 3.63) is 22.8 Å². The number of hydrogen-bond donors (Lipinski definition) is 2. The minimum Gasteiger partial charge on any atom is -0.385 e. The van der Waals surface area contributed by atoms with Crippen LogP contribution in [0.4, 0.5) is 5.82 Å². The van der Waals surface area contributed by atoms with Crippen molar-refractivity contribution in [2.24, 2.45) is 0 Å². The molecule has 0 aromatic carbocycles. The van der Waals surface area contributed by atoms with E-state index in [0.717, 1.165) is 26.1 Å². The monoisotopic (exact) mass is 269 g/mol. The van der Waals surface area contributed by atoms with Crippen molar-refractivity contribution in [3.8, 4) is 0 Å². The number of anilines is 1. The molecule has 2 rings (SSSR count). The van der Waals surface area contributed by atoms with Gasteiger partial charge in [0.05, 0.1) is 10.6 Å². The fourth-order valence-electron chi connectivity index (χ4n) is 2.58. The number of halogens is 1. The van der Waals surface area contributed by atoms with Crippen molar-refractivity contribution in [2.75, 3.05) is 25.4 Å². The first kappa shape index (κ1) is 13.6. The summed E-state index contributed by atoms with van der Waals surface area (Å²) in [7, 11) is 0. The maximum atomic E-state index is 10.8. The van der Waals surface area contributed by atoms with E-state index in [1.807, 2.05) is 0 Å². The molecule has 3 N–H and O–H groups in total. The van der Waals surface area contributed by atoms with Crippen LogP contribution >= 0.6 is 11.6 Å². The van der Waals surface area contributed by atoms with E-state index in [4.69, 9.17) is 17.3 Å². The van der Waals surface area contributed by atoms with E-state index < -0.39 is 5.60 Å². The molecule has 1 fully saturated rings. The van der Waals surface area contributed by atoms with Crippen LogP contribution in [0.2, 0.25) is 5.02 Å². The van der Waals surface area contributed by atoms with Gasteiger partial charge in [0.25, 0.3) is 0 Å². The van der Waals surface area contributed by atoms with Gasteiger partial charge in [-0.25, -0.2) is 4.98 Å². The van der Waals surface area contributed by atoms with E-state index in [1.165, 1.54) is 6.20 Å². The van der Waals surface area contributed by atoms with Crippen molar-refractivity contribution in [3.63, 3.8) is 0 Å². The molecule has 0 saturated carbocycles. The Hall–Kier alpha value is -0.840. The Balaban J connectivity index is 2.27. The normalized spacial score (nSPS) is 25.9. The molecule has 4 nitrogen and oxygen atoms in total. The predicted molar refractivity (Wildman–Crippen MR) is 73.5 cm³/mol. The molecule has 0 aliphatic carbocycles. The van der Waals surface area contributed by atoms with Gasteiger partial charge >= 0.3 is 0 Å². The molecule has 5 heteroatoms. The van der Waals surface area contributed by atoms with Gasteiger partial charge in [0, 0.05) is 18.3 Å². The largest absolute Gasteiger partial charge is 0.385 e. The molecule has 0 amide bonds. The van der Waals surface area contributed by atoms with E-state index in [1.54, 1.807) is 6.07 Å². The molecule has 1 aromatic heterocycles. The predicted octanol–water partition coefficient (Wildman–Crippen LogP) is 2.01. The van der Waals surface area contributed by atoms with Crippen LogP contribution in [0.5, 0.6) is 0 Å². The molecule has 2 heterocycles. The summed E-state index contributed by atoms with van der Waals surface area (Å²) < 4.78 is 0. The summed E-state index contributed by atoms with van der Waals surface area (Å²) >= 11 is 5.96. The van der Waals surface area contributed by atoms with E-state index in [0.29, 0.717) is 29.2 Å². The number of aliphatic hydroxyl groups is 1. The maximum Gasteiger partial charge on any atom is 0.129 e. The molecular formula is C13H20ClN3O. The van der Waals surface area contributed by atoms with Gasteiger partial charge in [-0.15, -0.1) is 0 Å². The topological polar surface area (TPSA) is 62.4 Å². The van der Waals surface area contributed by atoms with E-state index >= 15 is 0 Å². The zero-order valence-corrected chi connectivity index (χ0v) is 11.5. The van der Waals surface area contributed by atoms with Gasteiger partial charge in [0.2, 0.25) is 0 Å². The van der Waals surface area contributed by atoms with E-state index in [2.05, 4.69) is 16.8 Å². The minimum absolute atomic E-state index is 0.381. The van der Waals surface area contributed by atoms with Gasteiger partial charge in [-0.05, 0) is 38.4 Å².